The first kappa shape index (κ1) is 12.9. The van der Waals surface area contributed by atoms with Crippen molar-refractivity contribution < 1.29 is 9.59 Å². The van der Waals surface area contributed by atoms with Crippen molar-refractivity contribution in [3.63, 3.8) is 0 Å². The molecule has 14 heavy (non-hydrogen) atoms. The monoisotopic (exact) mass is 201 g/mol. The van der Waals surface area contributed by atoms with Gasteiger partial charge in [-0.05, 0) is 13.3 Å². The summed E-state index contributed by atoms with van der Waals surface area (Å²) >= 11 is 0. The lowest BCUT2D eigenvalue weighted by Gasteiger charge is -2.11. The van der Waals surface area contributed by atoms with Crippen molar-refractivity contribution in [2.75, 3.05) is 13.1 Å². The van der Waals surface area contributed by atoms with Crippen LogP contribution in [0.3, 0.4) is 0 Å². The average molecular weight is 201 g/mol. The number of rotatable bonds is 7. The molecule has 0 spiro atoms. The molecule has 0 aromatic carbocycles. The Morgan fingerprint density at radius 3 is 2.57 bits per heavy atom. The minimum absolute atomic E-state index is 0.00341. The van der Waals surface area contributed by atoms with Crippen LogP contribution in [0.1, 0.15) is 26.7 Å². The second kappa shape index (κ2) is 7.32. The van der Waals surface area contributed by atoms with E-state index in [4.69, 9.17) is 5.73 Å². The summed E-state index contributed by atoms with van der Waals surface area (Å²) in [6.45, 7) is 4.56. The smallest absolute Gasteiger partial charge is 0.231 e. The molecule has 2 amide bonds. The number of carbonyl (C=O) groups excluding carboxylic acids is 2. The molecule has 0 heterocycles. The predicted molar refractivity (Wildman–Crippen MR) is 54.6 cm³/mol. The lowest BCUT2D eigenvalue weighted by Crippen LogP contribution is -2.35. The molecule has 5 heteroatoms. The number of hydrogen-bond donors (Lipinski definition) is 3. The molecule has 0 radical (unpaired) electrons. The first-order valence-corrected chi connectivity index (χ1v) is 4.84. The van der Waals surface area contributed by atoms with Crippen molar-refractivity contribution >= 4 is 11.8 Å². The second-order valence-corrected chi connectivity index (χ2v) is 3.27. The first-order valence-electron chi connectivity index (χ1n) is 4.84. The third-order valence-corrected chi connectivity index (χ3v) is 1.85. The number of primary amides is 1. The molecular weight excluding hydrogens is 182 g/mol. The summed E-state index contributed by atoms with van der Waals surface area (Å²) in [5.41, 5.74) is 4.91. The predicted octanol–water partition coefficient (Wildman–Crippen LogP) is -0.634. The number of nitrogens with two attached hydrogens (primary N) is 1. The summed E-state index contributed by atoms with van der Waals surface area (Å²) in [5.74, 6) is -0.413. The fourth-order valence-corrected chi connectivity index (χ4v) is 0.863. The highest BCUT2D eigenvalue weighted by Gasteiger charge is 2.04. The summed E-state index contributed by atoms with van der Waals surface area (Å²) in [4.78, 5) is 21.5. The largest absolute Gasteiger partial charge is 0.369 e. The van der Waals surface area contributed by atoms with Crippen LogP contribution in [0.2, 0.25) is 0 Å². The number of amides is 2. The van der Waals surface area contributed by atoms with Crippen LogP contribution in [-0.4, -0.2) is 30.9 Å². The van der Waals surface area contributed by atoms with E-state index in [9.17, 15) is 9.59 Å². The number of hydrogen-bond acceptors (Lipinski definition) is 3. The van der Waals surface area contributed by atoms with Crippen LogP contribution >= 0.6 is 0 Å². The van der Waals surface area contributed by atoms with E-state index in [1.165, 1.54) is 0 Å². The summed E-state index contributed by atoms with van der Waals surface area (Å²) in [5, 5.41) is 5.59. The zero-order chi connectivity index (χ0) is 11.0. The van der Waals surface area contributed by atoms with Crippen LogP contribution in [0.15, 0.2) is 0 Å². The lowest BCUT2D eigenvalue weighted by molar-refractivity contribution is -0.122. The van der Waals surface area contributed by atoms with Gasteiger partial charge in [0.15, 0.2) is 0 Å². The van der Waals surface area contributed by atoms with E-state index in [1.54, 1.807) is 0 Å². The molecule has 0 saturated heterocycles. The van der Waals surface area contributed by atoms with Crippen LogP contribution in [0.25, 0.3) is 0 Å². The third kappa shape index (κ3) is 7.54. The minimum atomic E-state index is -0.410. The van der Waals surface area contributed by atoms with E-state index in [-0.39, 0.29) is 18.5 Å². The highest BCUT2D eigenvalue weighted by molar-refractivity contribution is 5.77. The Balaban J connectivity index is 3.40. The summed E-state index contributed by atoms with van der Waals surface area (Å²) < 4.78 is 0. The van der Waals surface area contributed by atoms with Crippen molar-refractivity contribution in [1.82, 2.24) is 10.6 Å². The van der Waals surface area contributed by atoms with E-state index in [1.807, 2.05) is 13.8 Å². The van der Waals surface area contributed by atoms with Crippen molar-refractivity contribution in [3.8, 4) is 0 Å². The molecule has 82 valence electrons. The molecule has 4 N–H and O–H groups in total. The summed E-state index contributed by atoms with van der Waals surface area (Å²) in [6, 6.07) is 0.207. The van der Waals surface area contributed by atoms with E-state index < -0.39 is 5.91 Å². The maximum absolute atomic E-state index is 11.2. The van der Waals surface area contributed by atoms with Gasteiger partial charge >= 0.3 is 0 Å². The molecule has 0 aliphatic heterocycles. The molecule has 0 rings (SSSR count). The second-order valence-electron chi connectivity index (χ2n) is 3.27. The molecule has 0 aromatic rings. The van der Waals surface area contributed by atoms with Gasteiger partial charge in [0.25, 0.3) is 0 Å². The van der Waals surface area contributed by atoms with E-state index >= 15 is 0 Å². The quantitative estimate of drug-likeness (QED) is 0.479. The molecule has 0 saturated carbocycles. The lowest BCUT2D eigenvalue weighted by atomic mass is 10.2. The summed E-state index contributed by atoms with van der Waals surface area (Å²) in [7, 11) is 0. The van der Waals surface area contributed by atoms with Crippen LogP contribution in [0, 0.1) is 0 Å². The SMILES string of the molecule is CCC(C)NC(=O)CCNCC(N)=O. The van der Waals surface area contributed by atoms with E-state index in [2.05, 4.69) is 10.6 Å². The van der Waals surface area contributed by atoms with Gasteiger partial charge in [0.2, 0.25) is 11.8 Å². The van der Waals surface area contributed by atoms with E-state index in [0.29, 0.717) is 13.0 Å². The molecule has 1 unspecified atom stereocenters. The highest BCUT2D eigenvalue weighted by Crippen LogP contribution is 1.88. The average Bonchev–Trinajstić information content (AvgIpc) is 2.12. The molecule has 1 atom stereocenters. The molecule has 0 aromatic heterocycles. The Morgan fingerprint density at radius 1 is 1.43 bits per heavy atom. The maximum atomic E-state index is 11.2. The zero-order valence-corrected chi connectivity index (χ0v) is 8.80. The topological polar surface area (TPSA) is 84.2 Å². The van der Waals surface area contributed by atoms with Gasteiger partial charge < -0.3 is 16.4 Å². The van der Waals surface area contributed by atoms with Gasteiger partial charge in [0, 0.05) is 19.0 Å². The Labute approximate surface area is 84.4 Å². The van der Waals surface area contributed by atoms with Crippen molar-refractivity contribution in [2.24, 2.45) is 5.73 Å². The fraction of sp³-hybridized carbons (Fsp3) is 0.778. The Morgan fingerprint density at radius 2 is 2.07 bits per heavy atom. The molecule has 5 nitrogen and oxygen atoms in total. The normalized spacial score (nSPS) is 12.1. The molecule has 0 aliphatic carbocycles. The van der Waals surface area contributed by atoms with Crippen LogP contribution < -0.4 is 16.4 Å². The first-order chi connectivity index (χ1) is 6.56. The standard InChI is InChI=1S/C9H19N3O2/c1-3-7(2)12-9(14)4-5-11-6-8(10)13/h7,11H,3-6H2,1-2H3,(H2,10,13)(H,12,14). The Kier molecular flexibility index (Phi) is 6.74. The van der Waals surface area contributed by atoms with Gasteiger partial charge in [-0.1, -0.05) is 6.92 Å². The van der Waals surface area contributed by atoms with Crippen LogP contribution in [0.4, 0.5) is 0 Å². The van der Waals surface area contributed by atoms with Gasteiger partial charge in [-0.25, -0.2) is 0 Å². The Hall–Kier alpha value is -1.10. The van der Waals surface area contributed by atoms with Crippen LogP contribution in [0.5, 0.6) is 0 Å². The van der Waals surface area contributed by atoms with Crippen molar-refractivity contribution in [1.29, 1.82) is 0 Å². The third-order valence-electron chi connectivity index (χ3n) is 1.85. The van der Waals surface area contributed by atoms with Gasteiger partial charge in [0.05, 0.1) is 6.54 Å². The molecule has 0 aliphatic rings. The van der Waals surface area contributed by atoms with Gasteiger partial charge in [-0.2, -0.15) is 0 Å². The molecular formula is C9H19N3O2. The fourth-order valence-electron chi connectivity index (χ4n) is 0.863. The molecule has 0 bridgehead atoms. The summed E-state index contributed by atoms with van der Waals surface area (Å²) in [6.07, 6.45) is 1.29. The maximum Gasteiger partial charge on any atom is 0.231 e. The zero-order valence-electron chi connectivity index (χ0n) is 8.80. The van der Waals surface area contributed by atoms with E-state index in [0.717, 1.165) is 6.42 Å². The van der Waals surface area contributed by atoms with Gasteiger partial charge in [0.1, 0.15) is 0 Å². The number of nitrogens with one attached hydrogen (secondary N) is 2. The van der Waals surface area contributed by atoms with Crippen molar-refractivity contribution in [3.05, 3.63) is 0 Å². The minimum Gasteiger partial charge on any atom is -0.369 e. The van der Waals surface area contributed by atoms with Crippen molar-refractivity contribution in [2.45, 2.75) is 32.7 Å². The Bertz CT molecular complexity index is 194. The molecule has 0 fully saturated rings. The van der Waals surface area contributed by atoms with Gasteiger partial charge in [-0.3, -0.25) is 9.59 Å². The number of carbonyl (C=O) groups is 2. The highest BCUT2D eigenvalue weighted by atomic mass is 16.2. The van der Waals surface area contributed by atoms with Gasteiger partial charge in [-0.15, -0.1) is 0 Å². The van der Waals surface area contributed by atoms with Crippen LogP contribution in [-0.2, 0) is 9.59 Å².